The lowest BCUT2D eigenvalue weighted by Gasteiger charge is -2.27. The Bertz CT molecular complexity index is 97.0. The van der Waals surface area contributed by atoms with E-state index in [9.17, 15) is 0 Å². The van der Waals surface area contributed by atoms with Crippen LogP contribution in [-0.4, -0.2) is 5.54 Å². The monoisotopic (exact) mass is 157 g/mol. The first-order valence-electron chi connectivity index (χ1n) is 4.80. The highest BCUT2D eigenvalue weighted by Crippen LogP contribution is 2.20. The Kier molecular flexibility index (Phi) is 4.74. The van der Waals surface area contributed by atoms with E-state index < -0.39 is 0 Å². The summed E-state index contributed by atoms with van der Waals surface area (Å²) in [5, 5.41) is 0. The normalized spacial score (nSPS) is 19.4. The zero-order valence-electron chi connectivity index (χ0n) is 8.48. The molecule has 0 aliphatic rings. The Morgan fingerprint density at radius 2 is 1.91 bits per heavy atom. The molecule has 0 aromatic heterocycles. The molecule has 2 N–H and O–H groups in total. The molecule has 0 fully saturated rings. The maximum atomic E-state index is 6.10. The molecular weight excluding hydrogens is 134 g/mol. The van der Waals surface area contributed by atoms with Crippen LogP contribution in [0.5, 0.6) is 0 Å². The fourth-order valence-electron chi connectivity index (χ4n) is 1.61. The van der Waals surface area contributed by atoms with Gasteiger partial charge in [0.2, 0.25) is 0 Å². The molecule has 0 aromatic carbocycles. The van der Waals surface area contributed by atoms with Crippen molar-refractivity contribution in [1.29, 1.82) is 0 Å². The predicted molar refractivity (Wildman–Crippen MR) is 51.6 cm³/mol. The van der Waals surface area contributed by atoms with Gasteiger partial charge in [-0.25, -0.2) is 0 Å². The van der Waals surface area contributed by atoms with Crippen molar-refractivity contribution in [2.75, 3.05) is 0 Å². The van der Waals surface area contributed by atoms with Gasteiger partial charge in [0, 0.05) is 5.54 Å². The molecule has 0 bridgehead atoms. The molecular formula is C10H23N. The van der Waals surface area contributed by atoms with Gasteiger partial charge in [-0.15, -0.1) is 0 Å². The van der Waals surface area contributed by atoms with E-state index in [-0.39, 0.29) is 5.54 Å². The van der Waals surface area contributed by atoms with Crippen molar-refractivity contribution in [2.45, 2.75) is 58.9 Å². The number of hydrogen-bond acceptors (Lipinski definition) is 1. The van der Waals surface area contributed by atoms with Crippen LogP contribution >= 0.6 is 0 Å². The summed E-state index contributed by atoms with van der Waals surface area (Å²) < 4.78 is 0. The molecule has 0 amide bonds. The fraction of sp³-hybridized carbons (Fsp3) is 1.00. The van der Waals surface area contributed by atoms with Crippen molar-refractivity contribution in [2.24, 2.45) is 11.7 Å². The standard InChI is InChI=1S/C10H23N/c1-5-7-10(4,11)8-9(3)6-2/h9H,5-8,11H2,1-4H3. The van der Waals surface area contributed by atoms with E-state index in [4.69, 9.17) is 5.73 Å². The van der Waals surface area contributed by atoms with Gasteiger partial charge in [0.15, 0.2) is 0 Å². The summed E-state index contributed by atoms with van der Waals surface area (Å²) in [7, 11) is 0. The summed E-state index contributed by atoms with van der Waals surface area (Å²) >= 11 is 0. The third-order valence-corrected chi connectivity index (χ3v) is 2.33. The Hall–Kier alpha value is -0.0400. The Morgan fingerprint density at radius 3 is 2.27 bits per heavy atom. The van der Waals surface area contributed by atoms with Crippen LogP contribution in [0.4, 0.5) is 0 Å². The minimum absolute atomic E-state index is 0.0736. The van der Waals surface area contributed by atoms with Crippen LogP contribution in [0, 0.1) is 5.92 Å². The maximum absolute atomic E-state index is 6.10. The zero-order chi connectivity index (χ0) is 8.91. The van der Waals surface area contributed by atoms with Crippen molar-refractivity contribution in [3.63, 3.8) is 0 Å². The van der Waals surface area contributed by atoms with E-state index in [1.54, 1.807) is 0 Å². The van der Waals surface area contributed by atoms with Crippen LogP contribution in [0.3, 0.4) is 0 Å². The van der Waals surface area contributed by atoms with Gasteiger partial charge in [0.25, 0.3) is 0 Å². The van der Waals surface area contributed by atoms with Crippen LogP contribution in [0.25, 0.3) is 0 Å². The molecule has 0 saturated carbocycles. The van der Waals surface area contributed by atoms with Gasteiger partial charge < -0.3 is 5.73 Å². The Labute approximate surface area is 71.4 Å². The summed E-state index contributed by atoms with van der Waals surface area (Å²) in [4.78, 5) is 0. The molecule has 0 saturated heterocycles. The lowest BCUT2D eigenvalue weighted by atomic mass is 9.86. The van der Waals surface area contributed by atoms with E-state index in [1.807, 2.05) is 0 Å². The Morgan fingerprint density at radius 1 is 1.36 bits per heavy atom. The lowest BCUT2D eigenvalue weighted by molar-refractivity contribution is 0.326. The summed E-state index contributed by atoms with van der Waals surface area (Å²) in [5.74, 6) is 0.775. The van der Waals surface area contributed by atoms with Crippen molar-refractivity contribution in [3.8, 4) is 0 Å². The average molecular weight is 157 g/mol. The molecule has 68 valence electrons. The van der Waals surface area contributed by atoms with E-state index in [0.717, 1.165) is 18.8 Å². The third kappa shape index (κ3) is 5.25. The minimum Gasteiger partial charge on any atom is -0.325 e. The second-order valence-electron chi connectivity index (χ2n) is 4.12. The van der Waals surface area contributed by atoms with Gasteiger partial charge in [-0.3, -0.25) is 0 Å². The maximum Gasteiger partial charge on any atom is 0.0128 e. The van der Waals surface area contributed by atoms with Crippen molar-refractivity contribution < 1.29 is 0 Å². The average Bonchev–Trinajstić information content (AvgIpc) is 1.86. The van der Waals surface area contributed by atoms with Crippen LogP contribution < -0.4 is 5.73 Å². The summed E-state index contributed by atoms with van der Waals surface area (Å²) in [5.41, 5.74) is 6.18. The second-order valence-corrected chi connectivity index (χ2v) is 4.12. The van der Waals surface area contributed by atoms with Gasteiger partial charge in [-0.2, -0.15) is 0 Å². The van der Waals surface area contributed by atoms with Crippen molar-refractivity contribution in [1.82, 2.24) is 0 Å². The van der Waals surface area contributed by atoms with Gasteiger partial charge in [0.1, 0.15) is 0 Å². The number of rotatable bonds is 5. The minimum atomic E-state index is 0.0736. The van der Waals surface area contributed by atoms with Crippen LogP contribution in [0.2, 0.25) is 0 Å². The SMILES string of the molecule is CCCC(C)(N)CC(C)CC. The third-order valence-electron chi connectivity index (χ3n) is 2.33. The highest BCUT2D eigenvalue weighted by Gasteiger charge is 2.19. The first kappa shape index (κ1) is 11.0. The van der Waals surface area contributed by atoms with E-state index in [0.29, 0.717) is 0 Å². The molecule has 0 heterocycles. The zero-order valence-corrected chi connectivity index (χ0v) is 8.48. The molecule has 0 rings (SSSR count). The molecule has 1 heteroatoms. The van der Waals surface area contributed by atoms with E-state index in [2.05, 4.69) is 27.7 Å². The molecule has 2 unspecified atom stereocenters. The summed E-state index contributed by atoms with van der Waals surface area (Å²) in [6.07, 6.45) is 4.76. The molecule has 1 nitrogen and oxygen atoms in total. The summed E-state index contributed by atoms with van der Waals surface area (Å²) in [6.45, 7) is 8.87. The van der Waals surface area contributed by atoms with Gasteiger partial charge in [-0.05, 0) is 25.7 Å². The molecule has 0 aliphatic carbocycles. The lowest BCUT2D eigenvalue weighted by Crippen LogP contribution is -2.37. The predicted octanol–water partition coefficient (Wildman–Crippen LogP) is 2.94. The van der Waals surface area contributed by atoms with Gasteiger partial charge >= 0.3 is 0 Å². The highest BCUT2D eigenvalue weighted by molar-refractivity contribution is 4.79. The quantitative estimate of drug-likeness (QED) is 0.652. The molecule has 0 aromatic rings. The topological polar surface area (TPSA) is 26.0 Å². The van der Waals surface area contributed by atoms with Crippen molar-refractivity contribution >= 4 is 0 Å². The fourth-order valence-corrected chi connectivity index (χ4v) is 1.61. The molecule has 0 radical (unpaired) electrons. The first-order valence-corrected chi connectivity index (χ1v) is 4.80. The van der Waals surface area contributed by atoms with E-state index in [1.165, 1.54) is 12.8 Å². The molecule has 2 atom stereocenters. The Balaban J connectivity index is 3.70. The van der Waals surface area contributed by atoms with Crippen LogP contribution in [0.1, 0.15) is 53.4 Å². The molecule has 11 heavy (non-hydrogen) atoms. The second kappa shape index (κ2) is 4.76. The number of nitrogens with two attached hydrogens (primary N) is 1. The first-order chi connectivity index (χ1) is 5.02. The van der Waals surface area contributed by atoms with Gasteiger partial charge in [0.05, 0.1) is 0 Å². The number of hydrogen-bond donors (Lipinski definition) is 1. The van der Waals surface area contributed by atoms with E-state index >= 15 is 0 Å². The van der Waals surface area contributed by atoms with Crippen molar-refractivity contribution in [3.05, 3.63) is 0 Å². The summed E-state index contributed by atoms with van der Waals surface area (Å²) in [6, 6.07) is 0. The largest absolute Gasteiger partial charge is 0.325 e. The molecule has 0 spiro atoms. The van der Waals surface area contributed by atoms with Gasteiger partial charge in [-0.1, -0.05) is 33.6 Å². The highest BCUT2D eigenvalue weighted by atomic mass is 14.7. The van der Waals surface area contributed by atoms with Crippen LogP contribution in [0.15, 0.2) is 0 Å². The molecule has 0 aliphatic heterocycles. The van der Waals surface area contributed by atoms with Crippen LogP contribution in [-0.2, 0) is 0 Å². The smallest absolute Gasteiger partial charge is 0.0128 e.